The van der Waals surface area contributed by atoms with Gasteiger partial charge in [0.25, 0.3) is 0 Å². The third-order valence-electron chi connectivity index (χ3n) is 3.95. The molecule has 4 heteroatoms. The lowest BCUT2D eigenvalue weighted by Crippen LogP contribution is -2.24. The van der Waals surface area contributed by atoms with Crippen molar-refractivity contribution in [1.29, 1.82) is 0 Å². The third-order valence-corrected chi connectivity index (χ3v) is 3.95. The van der Waals surface area contributed by atoms with Crippen LogP contribution < -0.4 is 15.2 Å². The van der Waals surface area contributed by atoms with Crippen molar-refractivity contribution in [2.45, 2.75) is 38.1 Å². The first-order chi connectivity index (χ1) is 8.76. The van der Waals surface area contributed by atoms with Gasteiger partial charge in [-0.2, -0.15) is 0 Å². The average molecular weight is 286 g/mol. The van der Waals surface area contributed by atoms with Gasteiger partial charge in [0.05, 0.1) is 14.2 Å². The molecular weight excluding hydrogens is 262 g/mol. The first kappa shape index (κ1) is 16.1. The van der Waals surface area contributed by atoms with Gasteiger partial charge in [0, 0.05) is 11.6 Å². The largest absolute Gasteiger partial charge is 0.497 e. The Kier molecular flexibility index (Phi) is 6.46. The minimum absolute atomic E-state index is 0. The molecule has 2 N–H and O–H groups in total. The number of halogens is 1. The highest BCUT2D eigenvalue weighted by Gasteiger charge is 2.24. The monoisotopic (exact) mass is 285 g/mol. The van der Waals surface area contributed by atoms with Gasteiger partial charge >= 0.3 is 0 Å². The zero-order chi connectivity index (χ0) is 13.0. The predicted octanol–water partition coefficient (Wildman–Crippen LogP) is 3.71. The number of hydrogen-bond donors (Lipinski definition) is 1. The molecule has 1 aliphatic rings. The summed E-state index contributed by atoms with van der Waals surface area (Å²) in [6.45, 7) is 0. The van der Waals surface area contributed by atoms with E-state index in [0.29, 0.717) is 5.92 Å². The summed E-state index contributed by atoms with van der Waals surface area (Å²) >= 11 is 0. The van der Waals surface area contributed by atoms with Gasteiger partial charge in [0.15, 0.2) is 0 Å². The normalized spacial score (nSPS) is 17.4. The van der Waals surface area contributed by atoms with Crippen LogP contribution in [-0.4, -0.2) is 14.2 Å². The van der Waals surface area contributed by atoms with E-state index in [-0.39, 0.29) is 18.4 Å². The standard InChI is InChI=1S/C15H23NO2.ClH/c1-17-12-8-9-14(18-2)13(10-12)15(16)11-6-4-3-5-7-11;/h8-11,15H,3-7,16H2,1-2H3;1H/t15-;/m0./s1. The zero-order valence-electron chi connectivity index (χ0n) is 11.7. The average Bonchev–Trinajstić information content (AvgIpc) is 2.46. The van der Waals surface area contributed by atoms with E-state index < -0.39 is 0 Å². The van der Waals surface area contributed by atoms with Crippen LogP contribution in [0.4, 0.5) is 0 Å². The molecule has 3 nitrogen and oxygen atoms in total. The Morgan fingerprint density at radius 1 is 1.11 bits per heavy atom. The quantitative estimate of drug-likeness (QED) is 0.917. The number of hydrogen-bond acceptors (Lipinski definition) is 3. The van der Waals surface area contributed by atoms with Gasteiger partial charge in [-0.1, -0.05) is 19.3 Å². The molecule has 0 amide bonds. The molecule has 0 spiro atoms. The van der Waals surface area contributed by atoms with Crippen LogP contribution in [0.15, 0.2) is 18.2 Å². The van der Waals surface area contributed by atoms with Gasteiger partial charge in [0.1, 0.15) is 11.5 Å². The molecule has 1 aliphatic carbocycles. The molecule has 0 saturated heterocycles. The molecule has 1 fully saturated rings. The van der Waals surface area contributed by atoms with Crippen LogP contribution in [0.1, 0.15) is 43.7 Å². The van der Waals surface area contributed by atoms with Crippen LogP contribution in [0.2, 0.25) is 0 Å². The Hall–Kier alpha value is -0.930. The Morgan fingerprint density at radius 2 is 1.79 bits per heavy atom. The van der Waals surface area contributed by atoms with Crippen LogP contribution in [0.3, 0.4) is 0 Å². The highest BCUT2D eigenvalue weighted by atomic mass is 35.5. The third kappa shape index (κ3) is 3.77. The molecule has 0 bridgehead atoms. The first-order valence-corrected chi connectivity index (χ1v) is 6.73. The molecule has 0 aromatic heterocycles. The highest BCUT2D eigenvalue weighted by Crippen LogP contribution is 2.37. The van der Waals surface area contributed by atoms with E-state index in [1.165, 1.54) is 32.1 Å². The molecule has 1 saturated carbocycles. The lowest BCUT2D eigenvalue weighted by Gasteiger charge is -2.28. The summed E-state index contributed by atoms with van der Waals surface area (Å²) in [5.74, 6) is 2.28. The molecule has 0 unspecified atom stereocenters. The Balaban J connectivity index is 0.00000180. The summed E-state index contributed by atoms with van der Waals surface area (Å²) in [5, 5.41) is 0. The molecule has 1 aromatic rings. The molecule has 2 rings (SSSR count). The van der Waals surface area contributed by atoms with Crippen LogP contribution in [0, 0.1) is 5.92 Å². The maximum atomic E-state index is 6.43. The minimum Gasteiger partial charge on any atom is -0.497 e. The van der Waals surface area contributed by atoms with Crippen molar-refractivity contribution >= 4 is 12.4 Å². The first-order valence-electron chi connectivity index (χ1n) is 6.73. The van der Waals surface area contributed by atoms with E-state index in [2.05, 4.69) is 0 Å². The van der Waals surface area contributed by atoms with E-state index in [9.17, 15) is 0 Å². The molecule has 19 heavy (non-hydrogen) atoms. The Bertz CT molecular complexity index is 392. The van der Waals surface area contributed by atoms with Crippen molar-refractivity contribution in [1.82, 2.24) is 0 Å². The van der Waals surface area contributed by atoms with Crippen LogP contribution in [0.25, 0.3) is 0 Å². The van der Waals surface area contributed by atoms with E-state index in [1.54, 1.807) is 14.2 Å². The SMILES string of the molecule is COc1ccc(OC)c([C@@H](N)C2CCCCC2)c1.Cl. The van der Waals surface area contributed by atoms with Crippen molar-refractivity contribution in [3.05, 3.63) is 23.8 Å². The fraction of sp³-hybridized carbons (Fsp3) is 0.600. The molecule has 108 valence electrons. The molecule has 0 aliphatic heterocycles. The van der Waals surface area contributed by atoms with Gasteiger partial charge in [-0.05, 0) is 37.0 Å². The van der Waals surface area contributed by atoms with Crippen molar-refractivity contribution < 1.29 is 9.47 Å². The second-order valence-electron chi connectivity index (χ2n) is 5.03. The van der Waals surface area contributed by atoms with Crippen molar-refractivity contribution in [2.75, 3.05) is 14.2 Å². The molecule has 0 heterocycles. The van der Waals surface area contributed by atoms with Gasteiger partial charge in [-0.15, -0.1) is 12.4 Å². The molecular formula is C15H24ClNO2. The van der Waals surface area contributed by atoms with Gasteiger partial charge < -0.3 is 15.2 Å². The number of rotatable bonds is 4. The second kappa shape index (κ2) is 7.61. The number of methoxy groups -OCH3 is 2. The maximum Gasteiger partial charge on any atom is 0.123 e. The topological polar surface area (TPSA) is 44.5 Å². The highest BCUT2D eigenvalue weighted by molar-refractivity contribution is 5.85. The molecule has 0 radical (unpaired) electrons. The van der Waals surface area contributed by atoms with Crippen molar-refractivity contribution in [3.63, 3.8) is 0 Å². The summed E-state index contributed by atoms with van der Waals surface area (Å²) in [6, 6.07) is 5.92. The summed E-state index contributed by atoms with van der Waals surface area (Å²) in [7, 11) is 3.37. The number of nitrogens with two attached hydrogens (primary N) is 1. The second-order valence-corrected chi connectivity index (χ2v) is 5.03. The smallest absolute Gasteiger partial charge is 0.123 e. The van der Waals surface area contributed by atoms with Crippen molar-refractivity contribution in [3.8, 4) is 11.5 Å². The van der Waals surface area contributed by atoms with E-state index in [0.717, 1.165) is 17.1 Å². The van der Waals surface area contributed by atoms with E-state index in [1.807, 2.05) is 18.2 Å². The fourth-order valence-electron chi connectivity index (χ4n) is 2.85. The number of ether oxygens (including phenoxy) is 2. The summed E-state index contributed by atoms with van der Waals surface area (Å²) in [4.78, 5) is 0. The van der Waals surface area contributed by atoms with Gasteiger partial charge in [-0.25, -0.2) is 0 Å². The van der Waals surface area contributed by atoms with Crippen LogP contribution in [-0.2, 0) is 0 Å². The number of benzene rings is 1. The summed E-state index contributed by atoms with van der Waals surface area (Å²) < 4.78 is 10.7. The summed E-state index contributed by atoms with van der Waals surface area (Å²) in [6.07, 6.45) is 6.39. The van der Waals surface area contributed by atoms with E-state index >= 15 is 0 Å². The van der Waals surface area contributed by atoms with Crippen LogP contribution in [0.5, 0.6) is 11.5 Å². The fourth-order valence-corrected chi connectivity index (χ4v) is 2.85. The lowest BCUT2D eigenvalue weighted by molar-refractivity contribution is 0.300. The van der Waals surface area contributed by atoms with Crippen LogP contribution >= 0.6 is 12.4 Å². The Morgan fingerprint density at radius 3 is 2.37 bits per heavy atom. The maximum absolute atomic E-state index is 6.43. The zero-order valence-corrected chi connectivity index (χ0v) is 12.5. The molecule has 1 aromatic carbocycles. The van der Waals surface area contributed by atoms with Crippen molar-refractivity contribution in [2.24, 2.45) is 11.7 Å². The Labute approximate surface area is 121 Å². The predicted molar refractivity (Wildman–Crippen MR) is 80.3 cm³/mol. The lowest BCUT2D eigenvalue weighted by atomic mass is 9.81. The summed E-state index contributed by atoms with van der Waals surface area (Å²) in [5.41, 5.74) is 7.51. The minimum atomic E-state index is 0. The van der Waals surface area contributed by atoms with Gasteiger partial charge in [-0.3, -0.25) is 0 Å². The van der Waals surface area contributed by atoms with E-state index in [4.69, 9.17) is 15.2 Å². The van der Waals surface area contributed by atoms with Gasteiger partial charge in [0.2, 0.25) is 0 Å². The molecule has 1 atom stereocenters.